The van der Waals surface area contributed by atoms with E-state index >= 15 is 0 Å². The number of carbonyl (C=O) groups excluding carboxylic acids is 1. The Morgan fingerprint density at radius 1 is 1.36 bits per heavy atom. The largest absolute Gasteiger partial charge is 0.474 e. The third-order valence-corrected chi connectivity index (χ3v) is 6.58. The molecule has 2 fully saturated rings. The molecule has 138 valence electrons. The normalized spacial score (nSPS) is 26.3. The van der Waals surface area contributed by atoms with Gasteiger partial charge in [-0.2, -0.15) is 0 Å². The van der Waals surface area contributed by atoms with E-state index in [4.69, 9.17) is 4.74 Å². The Bertz CT molecular complexity index is 730. The number of aliphatic hydroxyl groups is 1. The average molecular weight is 368 g/mol. The van der Waals surface area contributed by atoms with Gasteiger partial charge in [-0.25, -0.2) is 13.4 Å². The van der Waals surface area contributed by atoms with Crippen molar-refractivity contribution in [1.82, 2.24) is 10.3 Å². The zero-order valence-electron chi connectivity index (χ0n) is 14.1. The second kappa shape index (κ2) is 7.29. The lowest BCUT2D eigenvalue weighted by molar-refractivity contribution is 0.0608. The molecule has 1 aromatic rings. The number of pyridine rings is 1. The van der Waals surface area contributed by atoms with Crippen LogP contribution in [0.1, 0.15) is 48.9 Å². The zero-order chi connectivity index (χ0) is 17.9. The zero-order valence-corrected chi connectivity index (χ0v) is 14.9. The standard InChI is InChI=1S/C17H24N2O5S/c20-16(19-11-17(21)7-9-25(22,23)12-17)13-6-8-18-15(10-13)24-14-4-2-1-3-5-14/h6,8,10,14,21H,1-5,7,9,11-12H2,(H,19,20). The van der Waals surface area contributed by atoms with E-state index < -0.39 is 15.4 Å². The van der Waals surface area contributed by atoms with Gasteiger partial charge in [0.1, 0.15) is 6.10 Å². The summed E-state index contributed by atoms with van der Waals surface area (Å²) < 4.78 is 28.8. The quantitative estimate of drug-likeness (QED) is 0.805. The summed E-state index contributed by atoms with van der Waals surface area (Å²) in [5.74, 6) is -0.323. The Kier molecular flexibility index (Phi) is 5.29. The second-order valence-electron chi connectivity index (χ2n) is 7.01. The predicted octanol–water partition coefficient (Wildman–Crippen LogP) is 1.07. The molecule has 2 N–H and O–H groups in total. The highest BCUT2D eigenvalue weighted by Crippen LogP contribution is 2.24. The van der Waals surface area contributed by atoms with E-state index in [9.17, 15) is 18.3 Å². The minimum Gasteiger partial charge on any atom is -0.474 e. The molecule has 8 heteroatoms. The number of carbonyl (C=O) groups is 1. The summed E-state index contributed by atoms with van der Waals surface area (Å²) in [6.07, 6.45) is 7.32. The maximum atomic E-state index is 12.3. The first-order valence-electron chi connectivity index (χ1n) is 8.69. The lowest BCUT2D eigenvalue weighted by Gasteiger charge is -2.22. The number of aromatic nitrogens is 1. The van der Waals surface area contributed by atoms with E-state index in [-0.39, 0.29) is 36.5 Å². The van der Waals surface area contributed by atoms with E-state index in [1.165, 1.54) is 12.6 Å². The van der Waals surface area contributed by atoms with Crippen LogP contribution in [0, 0.1) is 0 Å². The molecular weight excluding hydrogens is 344 g/mol. The smallest absolute Gasteiger partial charge is 0.251 e. The number of hydrogen-bond acceptors (Lipinski definition) is 6. The molecule has 1 saturated carbocycles. The fourth-order valence-electron chi connectivity index (χ4n) is 3.35. The van der Waals surface area contributed by atoms with Crippen molar-refractivity contribution >= 4 is 15.7 Å². The Morgan fingerprint density at radius 2 is 2.12 bits per heavy atom. The van der Waals surface area contributed by atoms with E-state index in [0.29, 0.717) is 11.4 Å². The first-order chi connectivity index (χ1) is 11.9. The van der Waals surface area contributed by atoms with Crippen LogP contribution in [-0.2, 0) is 9.84 Å². The van der Waals surface area contributed by atoms with Gasteiger partial charge in [-0.1, -0.05) is 6.42 Å². The summed E-state index contributed by atoms with van der Waals surface area (Å²) in [4.78, 5) is 16.4. The molecule has 1 aliphatic carbocycles. The first-order valence-corrected chi connectivity index (χ1v) is 10.5. The van der Waals surface area contributed by atoms with Crippen LogP contribution in [0.2, 0.25) is 0 Å². The molecule has 1 amide bonds. The number of ether oxygens (including phenoxy) is 1. The fourth-order valence-corrected chi connectivity index (χ4v) is 5.25. The summed E-state index contributed by atoms with van der Waals surface area (Å²) in [5.41, 5.74) is -1.01. The number of amides is 1. The van der Waals surface area contributed by atoms with Gasteiger partial charge < -0.3 is 15.2 Å². The third kappa shape index (κ3) is 4.92. The van der Waals surface area contributed by atoms with Crippen LogP contribution in [0.25, 0.3) is 0 Å². The van der Waals surface area contributed by atoms with Gasteiger partial charge in [0.2, 0.25) is 5.88 Å². The van der Waals surface area contributed by atoms with E-state index in [2.05, 4.69) is 10.3 Å². The van der Waals surface area contributed by atoms with Crippen LogP contribution in [0.4, 0.5) is 0 Å². The van der Waals surface area contributed by atoms with Gasteiger partial charge in [0.25, 0.3) is 5.91 Å². The molecule has 1 atom stereocenters. The summed E-state index contributed by atoms with van der Waals surface area (Å²) in [5, 5.41) is 12.9. The van der Waals surface area contributed by atoms with Gasteiger partial charge in [0.15, 0.2) is 9.84 Å². The van der Waals surface area contributed by atoms with Gasteiger partial charge in [0, 0.05) is 24.4 Å². The Balaban J connectivity index is 1.57. The molecule has 7 nitrogen and oxygen atoms in total. The Hall–Kier alpha value is -1.67. The van der Waals surface area contributed by atoms with Crippen molar-refractivity contribution in [3.8, 4) is 5.88 Å². The van der Waals surface area contributed by atoms with Crippen LogP contribution >= 0.6 is 0 Å². The van der Waals surface area contributed by atoms with Crippen molar-refractivity contribution in [2.75, 3.05) is 18.1 Å². The van der Waals surface area contributed by atoms with Gasteiger partial charge >= 0.3 is 0 Å². The molecule has 25 heavy (non-hydrogen) atoms. The average Bonchev–Trinajstić information content (AvgIpc) is 2.88. The maximum absolute atomic E-state index is 12.3. The predicted molar refractivity (Wildman–Crippen MR) is 92.3 cm³/mol. The number of nitrogens with zero attached hydrogens (tertiary/aromatic N) is 1. The van der Waals surface area contributed by atoms with Gasteiger partial charge in [-0.15, -0.1) is 0 Å². The summed E-state index contributed by atoms with van der Waals surface area (Å²) >= 11 is 0. The van der Waals surface area contributed by atoms with E-state index in [1.54, 1.807) is 12.1 Å². The molecule has 0 bridgehead atoms. The van der Waals surface area contributed by atoms with Crippen molar-refractivity contribution in [2.24, 2.45) is 0 Å². The molecule has 1 aliphatic heterocycles. The van der Waals surface area contributed by atoms with Crippen molar-refractivity contribution in [1.29, 1.82) is 0 Å². The molecule has 2 heterocycles. The molecule has 0 spiro atoms. The maximum Gasteiger partial charge on any atom is 0.251 e. The highest BCUT2D eigenvalue weighted by Gasteiger charge is 2.40. The summed E-state index contributed by atoms with van der Waals surface area (Å²) in [7, 11) is -3.22. The molecule has 0 aromatic carbocycles. The molecule has 1 saturated heterocycles. The first kappa shape index (κ1) is 18.1. The van der Waals surface area contributed by atoms with Gasteiger partial charge in [-0.05, 0) is 38.2 Å². The monoisotopic (exact) mass is 368 g/mol. The van der Waals surface area contributed by atoms with Crippen LogP contribution in [0.15, 0.2) is 18.3 Å². The van der Waals surface area contributed by atoms with Crippen LogP contribution in [-0.4, -0.2) is 54.2 Å². The fraction of sp³-hybridized carbons (Fsp3) is 0.647. The molecule has 0 radical (unpaired) electrons. The minimum atomic E-state index is -3.22. The third-order valence-electron chi connectivity index (χ3n) is 4.78. The summed E-state index contributed by atoms with van der Waals surface area (Å²) in [6, 6.07) is 3.15. The highest BCUT2D eigenvalue weighted by atomic mass is 32.2. The Morgan fingerprint density at radius 3 is 2.80 bits per heavy atom. The van der Waals surface area contributed by atoms with Crippen molar-refractivity contribution in [3.05, 3.63) is 23.9 Å². The van der Waals surface area contributed by atoms with E-state index in [1.807, 2.05) is 0 Å². The van der Waals surface area contributed by atoms with Gasteiger partial charge in [0.05, 0.1) is 17.1 Å². The topological polar surface area (TPSA) is 106 Å². The summed E-state index contributed by atoms with van der Waals surface area (Å²) in [6.45, 7) is -0.0911. The molecule has 3 rings (SSSR count). The lowest BCUT2D eigenvalue weighted by Crippen LogP contribution is -2.43. The Labute approximate surface area is 147 Å². The SMILES string of the molecule is O=C(NCC1(O)CCS(=O)(=O)C1)c1ccnc(OC2CCCCC2)c1. The molecule has 2 aliphatic rings. The van der Waals surface area contributed by atoms with Crippen LogP contribution < -0.4 is 10.1 Å². The minimum absolute atomic E-state index is 0.0476. The number of hydrogen-bond donors (Lipinski definition) is 2. The van der Waals surface area contributed by atoms with Crippen molar-refractivity contribution < 1.29 is 23.1 Å². The van der Waals surface area contributed by atoms with E-state index in [0.717, 1.165) is 25.7 Å². The van der Waals surface area contributed by atoms with Crippen LogP contribution in [0.5, 0.6) is 5.88 Å². The second-order valence-corrected chi connectivity index (χ2v) is 9.19. The molecule has 1 aromatic heterocycles. The molecule has 1 unspecified atom stereocenters. The molecular formula is C17H24N2O5S. The van der Waals surface area contributed by atoms with Crippen molar-refractivity contribution in [2.45, 2.75) is 50.2 Å². The lowest BCUT2D eigenvalue weighted by atomic mass is 9.98. The van der Waals surface area contributed by atoms with Crippen LogP contribution in [0.3, 0.4) is 0 Å². The van der Waals surface area contributed by atoms with Gasteiger partial charge in [-0.3, -0.25) is 4.79 Å². The van der Waals surface area contributed by atoms with Crippen molar-refractivity contribution in [3.63, 3.8) is 0 Å². The highest BCUT2D eigenvalue weighted by molar-refractivity contribution is 7.91. The number of nitrogens with one attached hydrogen (secondary N) is 1. The number of sulfone groups is 1. The number of rotatable bonds is 5.